The summed E-state index contributed by atoms with van der Waals surface area (Å²) in [5.74, 6) is 0.252. The Labute approximate surface area is 112 Å². The van der Waals surface area contributed by atoms with Crippen LogP contribution in [0.15, 0.2) is 23.1 Å². The second-order valence-corrected chi connectivity index (χ2v) is 5.64. The Hall–Kier alpha value is -1.08. The van der Waals surface area contributed by atoms with Crippen LogP contribution in [0.2, 0.25) is 0 Å². The molecule has 0 aliphatic carbocycles. The second kappa shape index (κ2) is 6.91. The molecule has 3 nitrogen and oxygen atoms in total. The number of nitrogen functional groups attached to an aromatic ring is 1. The maximum absolute atomic E-state index is 12.0. The average Bonchev–Trinajstić information content (AvgIpc) is 2.30. The monoisotopic (exact) mass is 295 g/mol. The normalized spacial score (nSPS) is 13.5. The molecule has 19 heavy (non-hydrogen) atoms. The van der Waals surface area contributed by atoms with Gasteiger partial charge in [-0.3, -0.25) is 4.21 Å². The molecule has 0 aliphatic rings. The van der Waals surface area contributed by atoms with Crippen LogP contribution >= 0.6 is 0 Å². The lowest BCUT2D eigenvalue weighted by atomic mass is 10.2. The Kier molecular flexibility index (Phi) is 5.81. The van der Waals surface area contributed by atoms with E-state index >= 15 is 0 Å². The van der Waals surface area contributed by atoms with E-state index in [0.717, 1.165) is 5.56 Å². The molecule has 1 atom stereocenters. The quantitative estimate of drug-likeness (QED) is 0.648. The van der Waals surface area contributed by atoms with Crippen molar-refractivity contribution in [2.45, 2.75) is 24.4 Å². The molecule has 0 spiro atoms. The minimum Gasteiger partial charge on any atom is -0.399 e. The molecular formula is C12H16F3NO2S. The highest BCUT2D eigenvalue weighted by Crippen LogP contribution is 2.18. The van der Waals surface area contributed by atoms with Gasteiger partial charge in [0.25, 0.3) is 0 Å². The van der Waals surface area contributed by atoms with Crippen LogP contribution in [0.5, 0.6) is 0 Å². The van der Waals surface area contributed by atoms with Crippen molar-refractivity contribution in [3.8, 4) is 0 Å². The number of hydrogen-bond donors (Lipinski definition) is 1. The molecule has 1 rings (SSSR count). The Morgan fingerprint density at radius 2 is 2.05 bits per heavy atom. The highest BCUT2D eigenvalue weighted by molar-refractivity contribution is 7.85. The molecule has 0 saturated carbocycles. The third-order valence-corrected chi connectivity index (χ3v) is 3.93. The number of benzene rings is 1. The number of ether oxygens (including phenoxy) is 1. The Bertz CT molecular complexity index is 449. The van der Waals surface area contributed by atoms with Crippen LogP contribution in [0.3, 0.4) is 0 Å². The fourth-order valence-electron chi connectivity index (χ4n) is 1.45. The van der Waals surface area contributed by atoms with Crippen molar-refractivity contribution < 1.29 is 22.1 Å². The molecule has 0 heterocycles. The zero-order chi connectivity index (χ0) is 14.5. The average molecular weight is 295 g/mol. The van der Waals surface area contributed by atoms with Crippen molar-refractivity contribution in [2.24, 2.45) is 0 Å². The first-order valence-electron chi connectivity index (χ1n) is 5.68. The molecule has 0 fully saturated rings. The molecule has 7 heteroatoms. The minimum absolute atomic E-state index is 0.0629. The predicted molar refractivity (Wildman–Crippen MR) is 68.4 cm³/mol. The molecular weight excluding hydrogens is 279 g/mol. The summed E-state index contributed by atoms with van der Waals surface area (Å²) in [7, 11) is -1.27. The summed E-state index contributed by atoms with van der Waals surface area (Å²) in [6, 6.07) is 5.10. The van der Waals surface area contributed by atoms with Crippen LogP contribution in [0.4, 0.5) is 18.9 Å². The van der Waals surface area contributed by atoms with E-state index in [-0.39, 0.29) is 12.4 Å². The molecule has 0 bridgehead atoms. The molecule has 0 saturated heterocycles. The largest absolute Gasteiger partial charge is 0.411 e. The van der Waals surface area contributed by atoms with Crippen LogP contribution in [0, 0.1) is 6.92 Å². The smallest absolute Gasteiger partial charge is 0.399 e. The van der Waals surface area contributed by atoms with E-state index in [2.05, 4.69) is 4.74 Å². The van der Waals surface area contributed by atoms with Gasteiger partial charge in [0, 0.05) is 22.9 Å². The summed E-state index contributed by atoms with van der Waals surface area (Å²) in [4.78, 5) is 0.621. The molecule has 1 aromatic carbocycles. The van der Waals surface area contributed by atoms with Crippen molar-refractivity contribution in [1.29, 1.82) is 0 Å². The Balaban J connectivity index is 2.38. The lowest BCUT2D eigenvalue weighted by molar-refractivity contribution is -0.173. The van der Waals surface area contributed by atoms with E-state index in [1.165, 1.54) is 0 Å². The van der Waals surface area contributed by atoms with Crippen molar-refractivity contribution >= 4 is 16.5 Å². The first-order valence-corrected chi connectivity index (χ1v) is 7.00. The van der Waals surface area contributed by atoms with Gasteiger partial charge in [0.15, 0.2) is 0 Å². The minimum atomic E-state index is -4.32. The van der Waals surface area contributed by atoms with E-state index in [0.29, 0.717) is 17.0 Å². The highest BCUT2D eigenvalue weighted by atomic mass is 32.2. The number of alkyl halides is 3. The predicted octanol–water partition coefficient (Wildman–Crippen LogP) is 2.65. The van der Waals surface area contributed by atoms with Crippen molar-refractivity contribution in [2.75, 3.05) is 24.7 Å². The SMILES string of the molecule is Cc1ccc(N)cc1S(=O)CCCOCC(F)(F)F. The first kappa shape index (κ1) is 16.0. The zero-order valence-corrected chi connectivity index (χ0v) is 11.3. The van der Waals surface area contributed by atoms with Gasteiger partial charge < -0.3 is 10.5 Å². The molecule has 108 valence electrons. The van der Waals surface area contributed by atoms with E-state index in [9.17, 15) is 17.4 Å². The number of nitrogens with two attached hydrogens (primary N) is 1. The standard InChI is InChI=1S/C12H16F3NO2S/c1-9-3-4-10(16)7-11(9)19(17)6-2-5-18-8-12(13,14)15/h3-4,7H,2,5-6,8,16H2,1H3. The van der Waals surface area contributed by atoms with Gasteiger partial charge in [-0.2, -0.15) is 13.2 Å². The van der Waals surface area contributed by atoms with Gasteiger partial charge in [-0.15, -0.1) is 0 Å². The van der Waals surface area contributed by atoms with Gasteiger partial charge in [0.1, 0.15) is 6.61 Å². The van der Waals surface area contributed by atoms with E-state index in [1.54, 1.807) is 18.2 Å². The number of rotatable bonds is 6. The van der Waals surface area contributed by atoms with Gasteiger partial charge >= 0.3 is 6.18 Å². The molecule has 2 N–H and O–H groups in total. The van der Waals surface area contributed by atoms with E-state index in [1.807, 2.05) is 6.92 Å². The molecule has 0 radical (unpaired) electrons. The van der Waals surface area contributed by atoms with E-state index < -0.39 is 23.6 Å². The maximum atomic E-state index is 12.0. The van der Waals surface area contributed by atoms with Gasteiger partial charge in [-0.1, -0.05) is 6.07 Å². The highest BCUT2D eigenvalue weighted by Gasteiger charge is 2.27. The van der Waals surface area contributed by atoms with Gasteiger partial charge in [0.05, 0.1) is 10.8 Å². The van der Waals surface area contributed by atoms with Gasteiger partial charge in [0.2, 0.25) is 0 Å². The zero-order valence-electron chi connectivity index (χ0n) is 10.5. The van der Waals surface area contributed by atoms with Crippen LogP contribution in [-0.4, -0.2) is 29.4 Å². The summed E-state index contributed by atoms with van der Waals surface area (Å²) < 4.78 is 51.8. The molecule has 0 aliphatic heterocycles. The van der Waals surface area contributed by atoms with Crippen LogP contribution in [-0.2, 0) is 15.5 Å². The second-order valence-electron chi connectivity index (χ2n) is 4.10. The van der Waals surface area contributed by atoms with E-state index in [4.69, 9.17) is 5.73 Å². The number of hydrogen-bond acceptors (Lipinski definition) is 3. The summed E-state index contributed by atoms with van der Waals surface area (Å²) in [6.07, 6.45) is -4.01. The molecule has 0 amide bonds. The third kappa shape index (κ3) is 6.07. The first-order chi connectivity index (χ1) is 8.79. The fourth-order valence-corrected chi connectivity index (χ4v) is 2.75. The third-order valence-electron chi connectivity index (χ3n) is 2.34. The lowest BCUT2D eigenvalue weighted by Gasteiger charge is -2.09. The topological polar surface area (TPSA) is 52.3 Å². The van der Waals surface area contributed by atoms with Crippen molar-refractivity contribution in [1.82, 2.24) is 0 Å². The summed E-state index contributed by atoms with van der Waals surface area (Å²) in [6.45, 7) is 0.483. The number of anilines is 1. The van der Waals surface area contributed by atoms with Crippen LogP contribution in [0.25, 0.3) is 0 Å². The van der Waals surface area contributed by atoms with Crippen LogP contribution in [0.1, 0.15) is 12.0 Å². The summed E-state index contributed by atoms with van der Waals surface area (Å²) in [5, 5.41) is 0. The lowest BCUT2D eigenvalue weighted by Crippen LogP contribution is -2.18. The number of aryl methyl sites for hydroxylation is 1. The van der Waals surface area contributed by atoms with Gasteiger partial charge in [-0.25, -0.2) is 0 Å². The van der Waals surface area contributed by atoms with Crippen molar-refractivity contribution in [3.63, 3.8) is 0 Å². The van der Waals surface area contributed by atoms with Gasteiger partial charge in [-0.05, 0) is 31.0 Å². The molecule has 1 unspecified atom stereocenters. The molecule has 1 aromatic rings. The summed E-state index contributed by atoms with van der Waals surface area (Å²) in [5.41, 5.74) is 6.97. The fraction of sp³-hybridized carbons (Fsp3) is 0.500. The maximum Gasteiger partial charge on any atom is 0.411 e. The molecule has 0 aromatic heterocycles. The Morgan fingerprint density at radius 1 is 1.37 bits per heavy atom. The number of halogens is 3. The van der Waals surface area contributed by atoms with Crippen molar-refractivity contribution in [3.05, 3.63) is 23.8 Å². The Morgan fingerprint density at radius 3 is 2.68 bits per heavy atom. The summed E-state index contributed by atoms with van der Waals surface area (Å²) >= 11 is 0. The van der Waals surface area contributed by atoms with Crippen LogP contribution < -0.4 is 5.73 Å².